The van der Waals surface area contributed by atoms with Gasteiger partial charge in [0.1, 0.15) is 5.82 Å². The molecule has 0 aliphatic rings. The summed E-state index contributed by atoms with van der Waals surface area (Å²) in [5.74, 6) is 0.809. The Hall–Kier alpha value is -1.78. The van der Waals surface area contributed by atoms with E-state index in [0.29, 0.717) is 6.54 Å². The maximum atomic E-state index is 11.6. The van der Waals surface area contributed by atoms with Crippen LogP contribution >= 0.6 is 0 Å². The summed E-state index contributed by atoms with van der Waals surface area (Å²) >= 11 is 0. The van der Waals surface area contributed by atoms with Crippen LogP contribution in [0.3, 0.4) is 0 Å². The smallest absolute Gasteiger partial charge is 0.239 e. The molecule has 0 aliphatic heterocycles. The van der Waals surface area contributed by atoms with Gasteiger partial charge >= 0.3 is 0 Å². The van der Waals surface area contributed by atoms with Gasteiger partial charge in [-0.1, -0.05) is 0 Å². The van der Waals surface area contributed by atoms with Crippen LogP contribution in [0.25, 0.3) is 0 Å². The summed E-state index contributed by atoms with van der Waals surface area (Å²) in [4.78, 5) is 17.6. The first-order valence-corrected chi connectivity index (χ1v) is 5.67. The van der Waals surface area contributed by atoms with Crippen LogP contribution in [0.5, 0.6) is 0 Å². The Morgan fingerprint density at radius 2 is 2.24 bits per heavy atom. The number of amides is 1. The third kappa shape index (κ3) is 4.30. The molecule has 0 fully saturated rings. The number of rotatable bonds is 5. The molecule has 0 spiro atoms. The number of anilines is 2. The van der Waals surface area contributed by atoms with Gasteiger partial charge in [-0.2, -0.15) is 0 Å². The second-order valence-electron chi connectivity index (χ2n) is 4.23. The Labute approximate surface area is 102 Å². The fraction of sp³-hybridized carbons (Fsp3) is 0.500. The number of aromatic nitrogens is 1. The quantitative estimate of drug-likeness (QED) is 0.803. The van der Waals surface area contributed by atoms with Gasteiger partial charge in [-0.3, -0.25) is 4.79 Å². The molecule has 5 nitrogen and oxygen atoms in total. The number of nitrogens with one attached hydrogen (secondary N) is 2. The lowest BCUT2D eigenvalue weighted by molar-refractivity contribution is -0.120. The first-order valence-electron chi connectivity index (χ1n) is 5.67. The molecule has 2 N–H and O–H groups in total. The van der Waals surface area contributed by atoms with Gasteiger partial charge in [0.05, 0.1) is 6.54 Å². The van der Waals surface area contributed by atoms with E-state index in [4.69, 9.17) is 0 Å². The SMILES string of the molecule is CNc1cc(N(C)CC(=O)NC(C)C)ccn1. The molecule has 1 aromatic heterocycles. The molecule has 0 radical (unpaired) electrons. The summed E-state index contributed by atoms with van der Waals surface area (Å²) in [6.45, 7) is 4.23. The third-order valence-corrected chi connectivity index (χ3v) is 2.27. The zero-order valence-corrected chi connectivity index (χ0v) is 10.8. The number of hydrogen-bond donors (Lipinski definition) is 2. The highest BCUT2D eigenvalue weighted by atomic mass is 16.2. The van der Waals surface area contributed by atoms with Gasteiger partial charge in [0, 0.05) is 38.1 Å². The van der Waals surface area contributed by atoms with Crippen LogP contribution in [0.15, 0.2) is 18.3 Å². The molecule has 17 heavy (non-hydrogen) atoms. The number of likely N-dealkylation sites (N-methyl/N-ethyl adjacent to an activating group) is 1. The van der Waals surface area contributed by atoms with E-state index >= 15 is 0 Å². The van der Waals surface area contributed by atoms with Gasteiger partial charge in [-0.25, -0.2) is 4.98 Å². The normalized spacial score (nSPS) is 10.2. The van der Waals surface area contributed by atoms with E-state index in [-0.39, 0.29) is 11.9 Å². The minimum absolute atomic E-state index is 0.0188. The number of hydrogen-bond acceptors (Lipinski definition) is 4. The number of carbonyl (C=O) groups is 1. The van der Waals surface area contributed by atoms with Crippen molar-refractivity contribution in [3.8, 4) is 0 Å². The second-order valence-corrected chi connectivity index (χ2v) is 4.23. The molecule has 5 heteroatoms. The van der Waals surface area contributed by atoms with Crippen molar-refractivity contribution in [1.29, 1.82) is 0 Å². The summed E-state index contributed by atoms with van der Waals surface area (Å²) in [7, 11) is 3.70. The van der Waals surface area contributed by atoms with E-state index in [1.807, 2.05) is 45.0 Å². The predicted octanol–water partition coefficient (Wildman–Crippen LogP) is 1.08. The number of carbonyl (C=O) groups excluding carboxylic acids is 1. The first kappa shape index (κ1) is 13.3. The topological polar surface area (TPSA) is 57.3 Å². The highest BCUT2D eigenvalue weighted by molar-refractivity contribution is 5.81. The van der Waals surface area contributed by atoms with Crippen LogP contribution in [0.4, 0.5) is 11.5 Å². The average molecular weight is 236 g/mol. The van der Waals surface area contributed by atoms with Crippen molar-refractivity contribution in [3.63, 3.8) is 0 Å². The molecular formula is C12H20N4O. The molecule has 0 aromatic carbocycles. The molecule has 0 atom stereocenters. The van der Waals surface area contributed by atoms with Gasteiger partial charge in [-0.05, 0) is 19.9 Å². The van der Waals surface area contributed by atoms with Crippen LogP contribution in [0.2, 0.25) is 0 Å². The van der Waals surface area contributed by atoms with E-state index in [2.05, 4.69) is 15.6 Å². The molecule has 1 rings (SSSR count). The van der Waals surface area contributed by atoms with Crippen LogP contribution in [0, 0.1) is 0 Å². The van der Waals surface area contributed by atoms with Gasteiger partial charge in [0.2, 0.25) is 5.91 Å². The molecule has 1 amide bonds. The first-order chi connectivity index (χ1) is 8.02. The van der Waals surface area contributed by atoms with Crippen molar-refractivity contribution in [1.82, 2.24) is 10.3 Å². The van der Waals surface area contributed by atoms with E-state index in [1.165, 1.54) is 0 Å². The molecule has 1 heterocycles. The van der Waals surface area contributed by atoms with E-state index in [0.717, 1.165) is 11.5 Å². The third-order valence-electron chi connectivity index (χ3n) is 2.27. The lowest BCUT2D eigenvalue weighted by atomic mass is 10.3. The number of pyridine rings is 1. The summed E-state index contributed by atoms with van der Waals surface area (Å²) in [5.41, 5.74) is 0.961. The summed E-state index contributed by atoms with van der Waals surface area (Å²) in [5, 5.41) is 5.83. The Morgan fingerprint density at radius 1 is 1.53 bits per heavy atom. The van der Waals surface area contributed by atoms with Crippen LogP contribution in [-0.2, 0) is 4.79 Å². The Balaban J connectivity index is 2.62. The molecule has 0 saturated carbocycles. The molecular weight excluding hydrogens is 216 g/mol. The number of nitrogens with zero attached hydrogens (tertiary/aromatic N) is 2. The second kappa shape index (κ2) is 6.08. The summed E-state index contributed by atoms with van der Waals surface area (Å²) < 4.78 is 0. The lowest BCUT2D eigenvalue weighted by Crippen LogP contribution is -2.38. The fourth-order valence-corrected chi connectivity index (χ4v) is 1.47. The van der Waals surface area contributed by atoms with Gasteiger partial charge in [-0.15, -0.1) is 0 Å². The Morgan fingerprint density at radius 3 is 2.82 bits per heavy atom. The monoisotopic (exact) mass is 236 g/mol. The standard InChI is InChI=1S/C12H20N4O/c1-9(2)15-12(17)8-16(4)10-5-6-14-11(7-10)13-3/h5-7,9H,8H2,1-4H3,(H,13,14)(H,15,17). The molecule has 0 saturated heterocycles. The van der Waals surface area contributed by atoms with E-state index in [9.17, 15) is 4.79 Å². The lowest BCUT2D eigenvalue weighted by Gasteiger charge is -2.20. The molecule has 0 unspecified atom stereocenters. The van der Waals surface area contributed by atoms with Gasteiger partial charge in [0.25, 0.3) is 0 Å². The zero-order chi connectivity index (χ0) is 12.8. The van der Waals surface area contributed by atoms with Crippen molar-refractivity contribution >= 4 is 17.4 Å². The summed E-state index contributed by atoms with van der Waals surface area (Å²) in [6, 6.07) is 3.95. The fourth-order valence-electron chi connectivity index (χ4n) is 1.47. The minimum Gasteiger partial charge on any atom is -0.373 e. The largest absolute Gasteiger partial charge is 0.373 e. The molecule has 1 aromatic rings. The van der Waals surface area contributed by atoms with Crippen molar-refractivity contribution in [2.24, 2.45) is 0 Å². The Bertz CT molecular complexity index is 379. The zero-order valence-electron chi connectivity index (χ0n) is 10.8. The molecule has 94 valence electrons. The minimum atomic E-state index is 0.0188. The maximum absolute atomic E-state index is 11.6. The van der Waals surface area contributed by atoms with Crippen LogP contribution in [-0.4, -0.2) is 37.6 Å². The predicted molar refractivity (Wildman–Crippen MR) is 70.3 cm³/mol. The highest BCUT2D eigenvalue weighted by Gasteiger charge is 2.08. The average Bonchev–Trinajstić information content (AvgIpc) is 2.27. The van der Waals surface area contributed by atoms with E-state index < -0.39 is 0 Å². The van der Waals surface area contributed by atoms with Crippen LogP contribution < -0.4 is 15.5 Å². The molecule has 0 aliphatic carbocycles. The van der Waals surface area contributed by atoms with Gasteiger partial charge < -0.3 is 15.5 Å². The molecule has 0 bridgehead atoms. The van der Waals surface area contributed by atoms with Crippen molar-refractivity contribution < 1.29 is 4.79 Å². The van der Waals surface area contributed by atoms with Crippen molar-refractivity contribution in [2.75, 3.05) is 30.9 Å². The van der Waals surface area contributed by atoms with Crippen molar-refractivity contribution in [2.45, 2.75) is 19.9 Å². The van der Waals surface area contributed by atoms with Gasteiger partial charge in [0.15, 0.2) is 0 Å². The maximum Gasteiger partial charge on any atom is 0.239 e. The summed E-state index contributed by atoms with van der Waals surface area (Å²) in [6.07, 6.45) is 1.72. The van der Waals surface area contributed by atoms with E-state index in [1.54, 1.807) is 6.20 Å². The Kier molecular flexibility index (Phi) is 4.75. The van der Waals surface area contributed by atoms with Crippen molar-refractivity contribution in [3.05, 3.63) is 18.3 Å². The highest BCUT2D eigenvalue weighted by Crippen LogP contribution is 2.14. The van der Waals surface area contributed by atoms with Crippen LogP contribution in [0.1, 0.15) is 13.8 Å².